The molecule has 3 N–H and O–H groups in total. The van der Waals surface area contributed by atoms with E-state index in [2.05, 4.69) is 5.10 Å². The van der Waals surface area contributed by atoms with Crippen LogP contribution < -0.4 is 5.73 Å². The SMILES string of the molecule is Cl.Nc1ccnn1CC(=O)O. The third kappa shape index (κ3) is 2.46. The lowest BCUT2D eigenvalue weighted by molar-refractivity contribution is -0.137. The summed E-state index contributed by atoms with van der Waals surface area (Å²) >= 11 is 0. The van der Waals surface area contributed by atoms with Crippen LogP contribution in [-0.2, 0) is 11.3 Å². The highest BCUT2D eigenvalue weighted by Crippen LogP contribution is 1.97. The highest BCUT2D eigenvalue weighted by Gasteiger charge is 2.01. The van der Waals surface area contributed by atoms with Gasteiger partial charge in [-0.05, 0) is 6.07 Å². The van der Waals surface area contributed by atoms with Crippen molar-refractivity contribution in [3.8, 4) is 0 Å². The Morgan fingerprint density at radius 2 is 2.45 bits per heavy atom. The van der Waals surface area contributed by atoms with Gasteiger partial charge in [0.25, 0.3) is 0 Å². The lowest BCUT2D eigenvalue weighted by Crippen LogP contribution is -2.12. The zero-order valence-electron chi connectivity index (χ0n) is 5.60. The smallest absolute Gasteiger partial charge is 0.325 e. The van der Waals surface area contributed by atoms with E-state index in [1.807, 2.05) is 0 Å². The second-order valence-electron chi connectivity index (χ2n) is 1.81. The molecule has 1 heterocycles. The van der Waals surface area contributed by atoms with Crippen LogP contribution in [-0.4, -0.2) is 20.9 Å². The quantitative estimate of drug-likeness (QED) is 0.665. The van der Waals surface area contributed by atoms with Gasteiger partial charge in [0.15, 0.2) is 0 Å². The number of nitrogen functional groups attached to an aromatic ring is 1. The van der Waals surface area contributed by atoms with Gasteiger partial charge in [0.2, 0.25) is 0 Å². The zero-order valence-corrected chi connectivity index (χ0v) is 6.41. The van der Waals surface area contributed by atoms with Gasteiger partial charge in [-0.25, -0.2) is 4.68 Å². The fraction of sp³-hybridized carbons (Fsp3) is 0.200. The van der Waals surface area contributed by atoms with Crippen LogP contribution in [0.25, 0.3) is 0 Å². The largest absolute Gasteiger partial charge is 0.480 e. The van der Waals surface area contributed by atoms with Gasteiger partial charge in [-0.1, -0.05) is 0 Å². The minimum atomic E-state index is -0.949. The summed E-state index contributed by atoms with van der Waals surface area (Å²) in [5.74, 6) is -0.585. The van der Waals surface area contributed by atoms with Crippen molar-refractivity contribution in [1.29, 1.82) is 0 Å². The molecule has 0 radical (unpaired) electrons. The van der Waals surface area contributed by atoms with Crippen molar-refractivity contribution in [2.45, 2.75) is 6.54 Å². The molecule has 1 aromatic heterocycles. The number of anilines is 1. The maximum Gasteiger partial charge on any atom is 0.325 e. The molecular formula is C5H8ClN3O2. The molecule has 0 fully saturated rings. The molecule has 0 aromatic carbocycles. The Labute approximate surface area is 69.2 Å². The minimum absolute atomic E-state index is 0. The lowest BCUT2D eigenvalue weighted by atomic mass is 10.6. The number of aliphatic carboxylic acids is 1. The fourth-order valence-electron chi connectivity index (χ4n) is 0.603. The molecule has 0 spiro atoms. The van der Waals surface area contributed by atoms with Gasteiger partial charge in [0.05, 0.1) is 6.20 Å². The maximum absolute atomic E-state index is 10.1. The van der Waals surface area contributed by atoms with E-state index < -0.39 is 5.97 Å². The van der Waals surface area contributed by atoms with Crippen molar-refractivity contribution in [2.75, 3.05) is 5.73 Å². The first-order valence-corrected chi connectivity index (χ1v) is 2.69. The van der Waals surface area contributed by atoms with E-state index in [-0.39, 0.29) is 19.0 Å². The molecule has 5 nitrogen and oxygen atoms in total. The van der Waals surface area contributed by atoms with Crippen molar-refractivity contribution in [1.82, 2.24) is 9.78 Å². The topological polar surface area (TPSA) is 81.1 Å². The number of aromatic nitrogens is 2. The minimum Gasteiger partial charge on any atom is -0.480 e. The third-order valence-corrected chi connectivity index (χ3v) is 1.03. The van der Waals surface area contributed by atoms with Crippen molar-refractivity contribution in [3.63, 3.8) is 0 Å². The maximum atomic E-state index is 10.1. The number of carboxylic acids is 1. The summed E-state index contributed by atoms with van der Waals surface area (Å²) in [6.45, 7) is -0.182. The Balaban J connectivity index is 0.000001000. The molecule has 0 aliphatic rings. The number of rotatable bonds is 2. The summed E-state index contributed by atoms with van der Waals surface area (Å²) in [6, 6.07) is 1.54. The van der Waals surface area contributed by atoms with Gasteiger partial charge in [-0.3, -0.25) is 4.79 Å². The second kappa shape index (κ2) is 3.82. The van der Waals surface area contributed by atoms with E-state index in [1.54, 1.807) is 6.07 Å². The molecule has 11 heavy (non-hydrogen) atoms. The van der Waals surface area contributed by atoms with Crippen LogP contribution in [0.15, 0.2) is 12.3 Å². The molecule has 0 unspecified atom stereocenters. The number of carboxylic acid groups (broad SMARTS) is 1. The summed E-state index contributed by atoms with van der Waals surface area (Å²) in [6.07, 6.45) is 1.46. The van der Waals surface area contributed by atoms with E-state index in [1.165, 1.54) is 10.9 Å². The van der Waals surface area contributed by atoms with Crippen LogP contribution in [0.5, 0.6) is 0 Å². The average molecular weight is 178 g/mol. The molecule has 1 aromatic rings. The van der Waals surface area contributed by atoms with Crippen LogP contribution in [0.3, 0.4) is 0 Å². The van der Waals surface area contributed by atoms with Crippen molar-refractivity contribution in [3.05, 3.63) is 12.3 Å². The van der Waals surface area contributed by atoms with Gasteiger partial charge in [0.1, 0.15) is 12.4 Å². The molecular weight excluding hydrogens is 170 g/mol. The van der Waals surface area contributed by atoms with Crippen LogP contribution in [0.2, 0.25) is 0 Å². The number of nitrogens with zero attached hydrogens (tertiary/aromatic N) is 2. The lowest BCUT2D eigenvalue weighted by Gasteiger charge is -1.96. The van der Waals surface area contributed by atoms with Gasteiger partial charge < -0.3 is 10.8 Å². The molecule has 0 aliphatic heterocycles. The number of hydrogen-bond donors (Lipinski definition) is 2. The normalized spacial score (nSPS) is 8.73. The number of halogens is 1. The molecule has 0 bridgehead atoms. The predicted octanol–water partition coefficient (Wildman–Crippen LogP) is -0.0283. The van der Waals surface area contributed by atoms with Crippen LogP contribution in [0.4, 0.5) is 5.82 Å². The molecule has 0 saturated heterocycles. The Morgan fingerprint density at radius 1 is 1.82 bits per heavy atom. The summed E-state index contributed by atoms with van der Waals surface area (Å²) in [5.41, 5.74) is 5.33. The van der Waals surface area contributed by atoms with E-state index in [0.717, 1.165) is 0 Å². The summed E-state index contributed by atoms with van der Waals surface area (Å²) < 4.78 is 1.21. The van der Waals surface area contributed by atoms with Gasteiger partial charge in [0, 0.05) is 0 Å². The average Bonchev–Trinajstić information content (AvgIpc) is 2.15. The first-order valence-electron chi connectivity index (χ1n) is 2.69. The number of nitrogens with two attached hydrogens (primary N) is 1. The van der Waals surface area contributed by atoms with E-state index in [0.29, 0.717) is 5.82 Å². The van der Waals surface area contributed by atoms with Crippen molar-refractivity contribution >= 4 is 24.2 Å². The molecule has 0 atom stereocenters. The molecule has 1 rings (SSSR count). The second-order valence-corrected chi connectivity index (χ2v) is 1.81. The summed E-state index contributed by atoms with van der Waals surface area (Å²) in [7, 11) is 0. The van der Waals surface area contributed by atoms with Crippen molar-refractivity contribution in [2.24, 2.45) is 0 Å². The Bertz CT molecular complexity index is 248. The highest BCUT2D eigenvalue weighted by atomic mass is 35.5. The fourth-order valence-corrected chi connectivity index (χ4v) is 0.603. The van der Waals surface area contributed by atoms with Gasteiger partial charge in [-0.2, -0.15) is 5.10 Å². The van der Waals surface area contributed by atoms with Crippen LogP contribution in [0.1, 0.15) is 0 Å². The molecule has 0 saturated carbocycles. The van der Waals surface area contributed by atoms with Crippen molar-refractivity contribution < 1.29 is 9.90 Å². The van der Waals surface area contributed by atoms with Crippen LogP contribution >= 0.6 is 12.4 Å². The van der Waals surface area contributed by atoms with Crippen LogP contribution in [0, 0.1) is 0 Å². The van der Waals surface area contributed by atoms with Gasteiger partial charge in [-0.15, -0.1) is 12.4 Å². The first-order chi connectivity index (χ1) is 4.70. The monoisotopic (exact) mass is 177 g/mol. The van der Waals surface area contributed by atoms with E-state index in [4.69, 9.17) is 10.8 Å². The van der Waals surface area contributed by atoms with Gasteiger partial charge >= 0.3 is 5.97 Å². The van der Waals surface area contributed by atoms with E-state index >= 15 is 0 Å². The van der Waals surface area contributed by atoms with E-state index in [9.17, 15) is 4.79 Å². The summed E-state index contributed by atoms with van der Waals surface area (Å²) in [4.78, 5) is 10.1. The Morgan fingerprint density at radius 3 is 2.82 bits per heavy atom. The first kappa shape index (κ1) is 9.77. The molecule has 6 heteroatoms. The number of carbonyl (C=O) groups is 1. The third-order valence-electron chi connectivity index (χ3n) is 1.03. The molecule has 62 valence electrons. The molecule has 0 aliphatic carbocycles. The summed E-state index contributed by atoms with van der Waals surface area (Å²) in [5, 5.41) is 12.0. The Kier molecular flexibility index (Phi) is 3.39. The highest BCUT2D eigenvalue weighted by molar-refractivity contribution is 5.85. The number of hydrogen-bond acceptors (Lipinski definition) is 3. The zero-order chi connectivity index (χ0) is 7.56. The standard InChI is InChI=1S/C5H7N3O2.ClH/c6-4-1-2-7-8(4)3-5(9)10;/h1-2H,3,6H2,(H,9,10);1H. The molecule has 0 amide bonds. The predicted molar refractivity (Wildman–Crippen MR) is 41.5 cm³/mol. The Hall–Kier alpha value is -1.23.